The zero-order valence-electron chi connectivity index (χ0n) is 10.4. The molecule has 1 aromatic carbocycles. The third kappa shape index (κ3) is 1.78. The van der Waals surface area contributed by atoms with Gasteiger partial charge < -0.3 is 9.64 Å². The van der Waals surface area contributed by atoms with E-state index in [9.17, 15) is 4.79 Å². The number of hydrogen-bond donors (Lipinski definition) is 0. The predicted molar refractivity (Wildman–Crippen MR) is 69.9 cm³/mol. The summed E-state index contributed by atoms with van der Waals surface area (Å²) in [6.07, 6.45) is 1.86. The van der Waals surface area contributed by atoms with Gasteiger partial charge in [0.1, 0.15) is 0 Å². The van der Waals surface area contributed by atoms with E-state index in [2.05, 4.69) is 13.0 Å². The normalized spacial score (nSPS) is 16.2. The van der Waals surface area contributed by atoms with Crippen molar-refractivity contribution in [2.75, 3.05) is 26.3 Å². The molecular weight excluding hydrogens is 228 g/mol. The van der Waals surface area contributed by atoms with E-state index < -0.39 is 0 Å². The molecule has 2 aromatic rings. The third-order valence-electron chi connectivity index (χ3n) is 3.44. The molecule has 0 spiro atoms. The van der Waals surface area contributed by atoms with Crippen molar-refractivity contribution in [3.8, 4) is 0 Å². The summed E-state index contributed by atoms with van der Waals surface area (Å²) in [5.41, 5.74) is 2.17. The second-order valence-corrected chi connectivity index (χ2v) is 4.58. The molecule has 0 saturated carbocycles. The fourth-order valence-electron chi connectivity index (χ4n) is 2.40. The Balaban J connectivity index is 1.98. The molecule has 2 heterocycles. The SMILES string of the molecule is Cc1cccc2c1ccn2C(=O)N1CCOCC1. The standard InChI is InChI=1S/C14H16N2O2/c1-11-3-2-4-13-12(11)5-6-16(13)14(17)15-7-9-18-10-8-15/h2-6H,7-10H2,1H3. The Morgan fingerprint density at radius 3 is 2.78 bits per heavy atom. The lowest BCUT2D eigenvalue weighted by molar-refractivity contribution is 0.0538. The van der Waals surface area contributed by atoms with Crippen LogP contribution in [0.2, 0.25) is 0 Å². The van der Waals surface area contributed by atoms with Gasteiger partial charge in [0.15, 0.2) is 0 Å². The largest absolute Gasteiger partial charge is 0.378 e. The smallest absolute Gasteiger partial charge is 0.328 e. The Kier molecular flexibility index (Phi) is 2.80. The summed E-state index contributed by atoms with van der Waals surface area (Å²) in [6.45, 7) is 4.66. The number of aryl methyl sites for hydroxylation is 1. The van der Waals surface area contributed by atoms with E-state index in [1.54, 1.807) is 4.57 Å². The lowest BCUT2D eigenvalue weighted by Crippen LogP contribution is -2.42. The van der Waals surface area contributed by atoms with Gasteiger partial charge in [-0.15, -0.1) is 0 Å². The molecule has 18 heavy (non-hydrogen) atoms. The number of fused-ring (bicyclic) bond motifs is 1. The van der Waals surface area contributed by atoms with Crippen molar-refractivity contribution in [1.29, 1.82) is 0 Å². The minimum Gasteiger partial charge on any atom is -0.378 e. The molecule has 1 saturated heterocycles. The first kappa shape index (κ1) is 11.3. The van der Waals surface area contributed by atoms with Crippen LogP contribution in [0.3, 0.4) is 0 Å². The second kappa shape index (κ2) is 4.46. The molecule has 1 aromatic heterocycles. The summed E-state index contributed by atoms with van der Waals surface area (Å²) in [4.78, 5) is 14.3. The van der Waals surface area contributed by atoms with Crippen molar-refractivity contribution in [2.45, 2.75) is 6.92 Å². The number of carbonyl (C=O) groups excluding carboxylic acids is 1. The van der Waals surface area contributed by atoms with Crippen LogP contribution >= 0.6 is 0 Å². The van der Waals surface area contributed by atoms with Crippen molar-refractivity contribution >= 4 is 16.9 Å². The van der Waals surface area contributed by atoms with E-state index in [0.717, 1.165) is 10.9 Å². The average molecular weight is 244 g/mol. The highest BCUT2D eigenvalue weighted by Gasteiger charge is 2.19. The quantitative estimate of drug-likeness (QED) is 0.712. The maximum atomic E-state index is 12.4. The molecule has 4 nitrogen and oxygen atoms in total. The molecule has 1 aliphatic heterocycles. The lowest BCUT2D eigenvalue weighted by atomic mass is 10.1. The first-order chi connectivity index (χ1) is 8.77. The molecule has 1 fully saturated rings. The number of carbonyl (C=O) groups is 1. The van der Waals surface area contributed by atoms with Crippen LogP contribution in [0.15, 0.2) is 30.5 Å². The third-order valence-corrected chi connectivity index (χ3v) is 3.44. The number of ether oxygens (including phenoxy) is 1. The molecule has 0 aliphatic carbocycles. The van der Waals surface area contributed by atoms with Crippen LogP contribution < -0.4 is 0 Å². The fraction of sp³-hybridized carbons (Fsp3) is 0.357. The molecule has 94 valence electrons. The Hall–Kier alpha value is -1.81. The van der Waals surface area contributed by atoms with E-state index in [-0.39, 0.29) is 6.03 Å². The van der Waals surface area contributed by atoms with Crippen molar-refractivity contribution in [3.05, 3.63) is 36.0 Å². The molecular formula is C14H16N2O2. The van der Waals surface area contributed by atoms with E-state index in [1.807, 2.05) is 29.3 Å². The van der Waals surface area contributed by atoms with Crippen LogP contribution in [0.5, 0.6) is 0 Å². The Labute approximate surface area is 106 Å². The average Bonchev–Trinajstić information content (AvgIpc) is 2.84. The highest BCUT2D eigenvalue weighted by molar-refractivity contribution is 5.93. The molecule has 1 aliphatic rings. The summed E-state index contributed by atoms with van der Waals surface area (Å²) in [5.74, 6) is 0. The van der Waals surface area contributed by atoms with Gasteiger partial charge in [0, 0.05) is 24.7 Å². The maximum Gasteiger partial charge on any atom is 0.328 e. The number of amides is 1. The molecule has 0 atom stereocenters. The minimum absolute atomic E-state index is 0.0406. The van der Waals surface area contributed by atoms with Crippen molar-refractivity contribution in [3.63, 3.8) is 0 Å². The highest BCUT2D eigenvalue weighted by Crippen LogP contribution is 2.20. The van der Waals surface area contributed by atoms with Crippen LogP contribution in [0.25, 0.3) is 10.9 Å². The van der Waals surface area contributed by atoms with E-state index in [1.165, 1.54) is 5.56 Å². The molecule has 0 unspecified atom stereocenters. The van der Waals surface area contributed by atoms with Crippen molar-refractivity contribution in [2.24, 2.45) is 0 Å². The van der Waals surface area contributed by atoms with Gasteiger partial charge >= 0.3 is 6.03 Å². The van der Waals surface area contributed by atoms with Gasteiger partial charge in [-0.05, 0) is 24.6 Å². The van der Waals surface area contributed by atoms with Crippen molar-refractivity contribution in [1.82, 2.24) is 9.47 Å². The fourth-order valence-corrected chi connectivity index (χ4v) is 2.40. The number of morpholine rings is 1. The number of nitrogens with zero attached hydrogens (tertiary/aromatic N) is 2. The number of aromatic nitrogens is 1. The maximum absolute atomic E-state index is 12.4. The topological polar surface area (TPSA) is 34.5 Å². The Morgan fingerprint density at radius 1 is 1.22 bits per heavy atom. The number of hydrogen-bond acceptors (Lipinski definition) is 2. The second-order valence-electron chi connectivity index (χ2n) is 4.58. The van der Waals surface area contributed by atoms with E-state index in [0.29, 0.717) is 26.3 Å². The van der Waals surface area contributed by atoms with Crippen LogP contribution in [-0.2, 0) is 4.74 Å². The molecule has 0 N–H and O–H groups in total. The van der Waals surface area contributed by atoms with E-state index in [4.69, 9.17) is 4.74 Å². The zero-order valence-corrected chi connectivity index (χ0v) is 10.4. The van der Waals surface area contributed by atoms with Gasteiger partial charge in [-0.1, -0.05) is 12.1 Å². The lowest BCUT2D eigenvalue weighted by Gasteiger charge is -2.27. The first-order valence-electron chi connectivity index (χ1n) is 6.21. The summed E-state index contributed by atoms with van der Waals surface area (Å²) < 4.78 is 7.00. The van der Waals surface area contributed by atoms with Crippen molar-refractivity contribution < 1.29 is 9.53 Å². The van der Waals surface area contributed by atoms with Gasteiger partial charge in [0.2, 0.25) is 0 Å². The molecule has 4 heteroatoms. The first-order valence-corrected chi connectivity index (χ1v) is 6.21. The van der Waals surface area contributed by atoms with Crippen LogP contribution in [0, 0.1) is 6.92 Å². The summed E-state index contributed by atoms with van der Waals surface area (Å²) in [5, 5.41) is 1.14. The molecule has 0 radical (unpaired) electrons. The summed E-state index contributed by atoms with van der Waals surface area (Å²) >= 11 is 0. The highest BCUT2D eigenvalue weighted by atomic mass is 16.5. The van der Waals surface area contributed by atoms with E-state index >= 15 is 0 Å². The van der Waals surface area contributed by atoms with Gasteiger partial charge in [0.25, 0.3) is 0 Å². The monoisotopic (exact) mass is 244 g/mol. The van der Waals surface area contributed by atoms with Gasteiger partial charge in [-0.2, -0.15) is 0 Å². The minimum atomic E-state index is 0.0406. The number of benzene rings is 1. The number of rotatable bonds is 0. The predicted octanol–water partition coefficient (Wildman–Crippen LogP) is 2.25. The zero-order chi connectivity index (χ0) is 12.5. The van der Waals surface area contributed by atoms with Gasteiger partial charge in [0.05, 0.1) is 18.7 Å². The van der Waals surface area contributed by atoms with Crippen LogP contribution in [0.4, 0.5) is 4.79 Å². The summed E-state index contributed by atoms with van der Waals surface area (Å²) in [6, 6.07) is 8.08. The molecule has 1 amide bonds. The van der Waals surface area contributed by atoms with Crippen LogP contribution in [0.1, 0.15) is 5.56 Å². The van der Waals surface area contributed by atoms with Gasteiger partial charge in [-0.3, -0.25) is 4.57 Å². The summed E-state index contributed by atoms with van der Waals surface area (Å²) in [7, 11) is 0. The Morgan fingerprint density at radius 2 is 2.00 bits per heavy atom. The molecule has 3 rings (SSSR count). The van der Waals surface area contributed by atoms with Gasteiger partial charge in [-0.25, -0.2) is 4.79 Å². The van der Waals surface area contributed by atoms with Crippen LogP contribution in [-0.4, -0.2) is 41.8 Å². The molecule has 0 bridgehead atoms. The Bertz CT molecular complexity index is 582.